The van der Waals surface area contributed by atoms with Gasteiger partial charge in [0.15, 0.2) is 0 Å². The quantitative estimate of drug-likeness (QED) is 0.193. The van der Waals surface area contributed by atoms with Crippen LogP contribution in [0, 0.1) is 0 Å². The van der Waals surface area contributed by atoms with Gasteiger partial charge in [0.05, 0.1) is 5.28 Å². The summed E-state index contributed by atoms with van der Waals surface area (Å²) in [5.41, 5.74) is 7.73. The van der Waals surface area contributed by atoms with Crippen molar-refractivity contribution in [3.8, 4) is 0 Å². The SMILES string of the molecule is [N-]=[N+]=NC[C@@H](Cl)B(O)O. The summed E-state index contributed by atoms with van der Waals surface area (Å²) in [4.78, 5) is 2.38. The lowest BCUT2D eigenvalue weighted by atomic mass is 9.86. The Labute approximate surface area is 57.0 Å². The fourth-order valence-electron chi connectivity index (χ4n) is 0.209. The summed E-state index contributed by atoms with van der Waals surface area (Å²) in [6.45, 7) is -0.115. The highest BCUT2D eigenvalue weighted by molar-refractivity contribution is 6.57. The molecule has 0 aromatic heterocycles. The molecule has 0 rings (SSSR count). The summed E-state index contributed by atoms with van der Waals surface area (Å²) in [7, 11) is -1.63. The van der Waals surface area contributed by atoms with Crippen LogP contribution in [0.25, 0.3) is 10.4 Å². The Balaban J connectivity index is 3.49. The second-order valence-corrected chi connectivity index (χ2v) is 1.90. The Hall–Kier alpha value is -0.415. The first-order chi connectivity index (χ1) is 4.18. The van der Waals surface area contributed by atoms with E-state index in [2.05, 4.69) is 10.0 Å². The van der Waals surface area contributed by atoms with Crippen LogP contribution in [-0.4, -0.2) is 29.0 Å². The van der Waals surface area contributed by atoms with E-state index in [0.29, 0.717) is 0 Å². The van der Waals surface area contributed by atoms with Gasteiger partial charge in [0, 0.05) is 11.5 Å². The minimum atomic E-state index is -1.63. The summed E-state index contributed by atoms with van der Waals surface area (Å²) >= 11 is 5.23. The number of hydrogen-bond acceptors (Lipinski definition) is 3. The Morgan fingerprint density at radius 3 is 2.67 bits per heavy atom. The van der Waals surface area contributed by atoms with E-state index in [1.807, 2.05) is 0 Å². The van der Waals surface area contributed by atoms with Crippen molar-refractivity contribution in [3.63, 3.8) is 0 Å². The Kier molecular flexibility index (Phi) is 4.26. The number of rotatable bonds is 3. The molecule has 50 valence electrons. The zero-order valence-corrected chi connectivity index (χ0v) is 5.23. The molecule has 0 unspecified atom stereocenters. The number of nitrogens with zero attached hydrogens (tertiary/aromatic N) is 3. The van der Waals surface area contributed by atoms with E-state index >= 15 is 0 Å². The Morgan fingerprint density at radius 1 is 1.78 bits per heavy atom. The van der Waals surface area contributed by atoms with Gasteiger partial charge in [-0.15, -0.1) is 11.6 Å². The van der Waals surface area contributed by atoms with Crippen molar-refractivity contribution in [2.75, 3.05) is 6.54 Å². The molecule has 0 aromatic carbocycles. The van der Waals surface area contributed by atoms with Crippen molar-refractivity contribution in [1.29, 1.82) is 0 Å². The fraction of sp³-hybridized carbons (Fsp3) is 1.00. The molecule has 0 aliphatic heterocycles. The van der Waals surface area contributed by atoms with Crippen LogP contribution in [0.5, 0.6) is 0 Å². The van der Waals surface area contributed by atoms with Crippen LogP contribution >= 0.6 is 11.6 Å². The van der Waals surface area contributed by atoms with Crippen LogP contribution < -0.4 is 0 Å². The third-order valence-electron chi connectivity index (χ3n) is 0.643. The number of alkyl halides is 1. The first-order valence-electron chi connectivity index (χ1n) is 2.19. The summed E-state index contributed by atoms with van der Waals surface area (Å²) in [5, 5.41) is 18.7. The molecule has 0 radical (unpaired) electrons. The zero-order valence-electron chi connectivity index (χ0n) is 4.48. The van der Waals surface area contributed by atoms with Gasteiger partial charge in [-0.05, 0) is 5.53 Å². The van der Waals surface area contributed by atoms with Crippen molar-refractivity contribution in [3.05, 3.63) is 10.4 Å². The van der Waals surface area contributed by atoms with Gasteiger partial charge in [-0.3, -0.25) is 0 Å². The minimum absolute atomic E-state index is 0.115. The lowest BCUT2D eigenvalue weighted by Crippen LogP contribution is -2.28. The first kappa shape index (κ1) is 8.58. The molecule has 0 saturated heterocycles. The lowest BCUT2D eigenvalue weighted by Gasteiger charge is -2.00. The summed E-state index contributed by atoms with van der Waals surface area (Å²) in [6, 6.07) is 0. The van der Waals surface area contributed by atoms with Crippen LogP contribution in [0.1, 0.15) is 0 Å². The highest BCUT2D eigenvalue weighted by Gasteiger charge is 2.18. The normalized spacial score (nSPS) is 11.9. The molecule has 0 aliphatic carbocycles. The van der Waals surface area contributed by atoms with Crippen LogP contribution in [0.2, 0.25) is 0 Å². The van der Waals surface area contributed by atoms with Gasteiger partial charge in [-0.2, -0.15) is 0 Å². The predicted octanol–water partition coefficient (Wildman–Crippen LogP) is -0.0839. The van der Waals surface area contributed by atoms with Crippen molar-refractivity contribution in [2.24, 2.45) is 5.11 Å². The van der Waals surface area contributed by atoms with E-state index in [1.54, 1.807) is 0 Å². The van der Waals surface area contributed by atoms with Crippen LogP contribution in [-0.2, 0) is 0 Å². The smallest absolute Gasteiger partial charge is 0.426 e. The summed E-state index contributed by atoms with van der Waals surface area (Å²) < 4.78 is 0. The van der Waals surface area contributed by atoms with Crippen molar-refractivity contribution >= 4 is 18.7 Å². The first-order valence-corrected chi connectivity index (χ1v) is 2.63. The highest BCUT2D eigenvalue weighted by Crippen LogP contribution is 1.96. The van der Waals surface area contributed by atoms with E-state index in [4.69, 9.17) is 27.2 Å². The van der Waals surface area contributed by atoms with Crippen LogP contribution in [0.4, 0.5) is 0 Å². The van der Waals surface area contributed by atoms with Gasteiger partial charge in [-0.25, -0.2) is 0 Å². The molecule has 0 spiro atoms. The van der Waals surface area contributed by atoms with E-state index in [0.717, 1.165) is 0 Å². The number of hydrogen-bond donors (Lipinski definition) is 2. The molecule has 0 amide bonds. The van der Waals surface area contributed by atoms with Crippen LogP contribution in [0.3, 0.4) is 0 Å². The Bertz CT molecular complexity index is 125. The minimum Gasteiger partial charge on any atom is -0.426 e. The molecule has 0 saturated carbocycles. The van der Waals surface area contributed by atoms with Crippen molar-refractivity contribution in [2.45, 2.75) is 5.28 Å². The maximum absolute atomic E-state index is 8.29. The molecule has 0 bridgehead atoms. The van der Waals surface area contributed by atoms with Gasteiger partial charge in [0.2, 0.25) is 0 Å². The average Bonchev–Trinajstić information content (AvgIpc) is 1.82. The van der Waals surface area contributed by atoms with E-state index in [9.17, 15) is 0 Å². The van der Waals surface area contributed by atoms with E-state index < -0.39 is 12.4 Å². The molecular weight excluding hydrogens is 144 g/mol. The highest BCUT2D eigenvalue weighted by atomic mass is 35.5. The topological polar surface area (TPSA) is 89.2 Å². The van der Waals surface area contributed by atoms with E-state index in [-0.39, 0.29) is 6.54 Å². The maximum atomic E-state index is 8.29. The number of azide groups is 1. The molecule has 9 heavy (non-hydrogen) atoms. The molecule has 1 atom stereocenters. The predicted molar refractivity (Wildman–Crippen MR) is 33.8 cm³/mol. The molecule has 7 heteroatoms. The molecular formula is C2H5BClN3O2. The zero-order chi connectivity index (χ0) is 7.28. The second kappa shape index (κ2) is 4.46. The third kappa shape index (κ3) is 4.11. The largest absolute Gasteiger partial charge is 0.470 e. The molecule has 2 N–H and O–H groups in total. The standard InChI is InChI=1S/C2H5BClN3O2/c4-2(3(8)9)1-6-7-5/h2,8-9H,1H2/t2-/m1/s1. The third-order valence-corrected chi connectivity index (χ3v) is 1.01. The van der Waals surface area contributed by atoms with Crippen molar-refractivity contribution < 1.29 is 10.0 Å². The molecule has 5 nitrogen and oxygen atoms in total. The number of halogens is 1. The summed E-state index contributed by atoms with van der Waals surface area (Å²) in [6.07, 6.45) is 0. The molecule has 0 aromatic rings. The molecule has 0 fully saturated rings. The molecule has 0 heterocycles. The Morgan fingerprint density at radius 2 is 2.33 bits per heavy atom. The monoisotopic (exact) mass is 149 g/mol. The van der Waals surface area contributed by atoms with Gasteiger partial charge in [0.1, 0.15) is 0 Å². The molecule has 0 aliphatic rings. The van der Waals surface area contributed by atoms with Gasteiger partial charge in [0.25, 0.3) is 0 Å². The average molecular weight is 149 g/mol. The van der Waals surface area contributed by atoms with Crippen molar-refractivity contribution in [1.82, 2.24) is 0 Å². The summed E-state index contributed by atoms with van der Waals surface area (Å²) in [5.74, 6) is 0. The van der Waals surface area contributed by atoms with E-state index in [1.165, 1.54) is 0 Å². The van der Waals surface area contributed by atoms with Gasteiger partial charge < -0.3 is 10.0 Å². The van der Waals surface area contributed by atoms with Gasteiger partial charge >= 0.3 is 7.12 Å². The fourth-order valence-corrected chi connectivity index (χ4v) is 0.271. The van der Waals surface area contributed by atoms with Gasteiger partial charge in [-0.1, -0.05) is 5.11 Å². The lowest BCUT2D eigenvalue weighted by molar-refractivity contribution is 0.402. The maximum Gasteiger partial charge on any atom is 0.470 e. The van der Waals surface area contributed by atoms with Crippen LogP contribution in [0.15, 0.2) is 5.11 Å². The second-order valence-electron chi connectivity index (χ2n) is 1.34.